The minimum atomic E-state index is -0.965. The molecule has 0 aliphatic carbocycles. The van der Waals surface area contributed by atoms with E-state index in [0.717, 1.165) is 0 Å². The van der Waals surface area contributed by atoms with Gasteiger partial charge in [0.1, 0.15) is 5.78 Å². The van der Waals surface area contributed by atoms with Crippen LogP contribution in [-0.2, 0) is 4.79 Å². The summed E-state index contributed by atoms with van der Waals surface area (Å²) in [5.74, 6) is -0.0704. The monoisotopic (exact) mass is 223 g/mol. The minimum absolute atomic E-state index is 0.00231. The van der Waals surface area contributed by atoms with Crippen LogP contribution in [0.4, 0.5) is 5.69 Å². The van der Waals surface area contributed by atoms with Crippen LogP contribution in [0.25, 0.3) is 0 Å². The van der Waals surface area contributed by atoms with Gasteiger partial charge in [0.25, 0.3) is 5.69 Å². The molecule has 0 aliphatic rings. The van der Waals surface area contributed by atoms with Gasteiger partial charge in [-0.15, -0.1) is 0 Å². The van der Waals surface area contributed by atoms with Crippen molar-refractivity contribution >= 4 is 11.5 Å². The number of carbonyl (C=O) groups excluding carboxylic acids is 1. The van der Waals surface area contributed by atoms with E-state index in [1.165, 1.54) is 18.2 Å². The molecule has 0 saturated heterocycles. The molecule has 5 nitrogen and oxygen atoms in total. The van der Waals surface area contributed by atoms with Gasteiger partial charge in [0.2, 0.25) is 0 Å². The zero-order valence-corrected chi connectivity index (χ0v) is 8.92. The molecule has 0 aliphatic heterocycles. The normalized spacial score (nSPS) is 12.1. The van der Waals surface area contributed by atoms with Gasteiger partial charge in [-0.25, -0.2) is 0 Å². The number of rotatable bonds is 5. The number of nitrogens with zero attached hydrogens (tertiary/aromatic N) is 1. The van der Waals surface area contributed by atoms with E-state index in [1.54, 1.807) is 13.0 Å². The SMILES string of the molecule is CCC(=O)C[C@@H](O)c1cccc([N+](=O)[O-])c1. The summed E-state index contributed by atoms with van der Waals surface area (Å²) in [7, 11) is 0. The summed E-state index contributed by atoms with van der Waals surface area (Å²) in [5.41, 5.74) is 0.316. The standard InChI is InChI=1S/C11H13NO4/c1-2-10(13)7-11(14)8-4-3-5-9(6-8)12(15)16/h3-6,11,14H,2,7H2,1H3/t11-/m1/s1. The molecule has 0 aromatic heterocycles. The van der Waals surface area contributed by atoms with E-state index in [4.69, 9.17) is 0 Å². The van der Waals surface area contributed by atoms with E-state index in [1.807, 2.05) is 0 Å². The summed E-state index contributed by atoms with van der Waals surface area (Å²) >= 11 is 0. The second-order valence-electron chi connectivity index (χ2n) is 3.46. The zero-order chi connectivity index (χ0) is 12.1. The molecule has 0 fully saturated rings. The Labute approximate surface area is 92.9 Å². The van der Waals surface area contributed by atoms with Crippen LogP contribution in [0.1, 0.15) is 31.4 Å². The van der Waals surface area contributed by atoms with Crippen LogP contribution < -0.4 is 0 Å². The van der Waals surface area contributed by atoms with Crippen molar-refractivity contribution in [2.24, 2.45) is 0 Å². The highest BCUT2D eigenvalue weighted by atomic mass is 16.6. The number of nitro benzene ring substituents is 1. The van der Waals surface area contributed by atoms with Gasteiger partial charge in [0.15, 0.2) is 0 Å². The molecule has 1 rings (SSSR count). The van der Waals surface area contributed by atoms with Gasteiger partial charge in [0.05, 0.1) is 11.0 Å². The number of nitro groups is 1. The first-order chi connectivity index (χ1) is 7.54. The van der Waals surface area contributed by atoms with Crippen LogP contribution >= 0.6 is 0 Å². The van der Waals surface area contributed by atoms with Gasteiger partial charge in [0, 0.05) is 25.0 Å². The van der Waals surface area contributed by atoms with Gasteiger partial charge >= 0.3 is 0 Å². The molecule has 0 radical (unpaired) electrons. The third kappa shape index (κ3) is 3.13. The first kappa shape index (κ1) is 12.3. The van der Waals surface area contributed by atoms with E-state index >= 15 is 0 Å². The summed E-state index contributed by atoms with van der Waals surface area (Å²) in [6.45, 7) is 1.71. The average Bonchev–Trinajstić information content (AvgIpc) is 2.28. The molecule has 5 heteroatoms. The van der Waals surface area contributed by atoms with E-state index in [0.29, 0.717) is 12.0 Å². The molecule has 1 aromatic carbocycles. The Bertz CT molecular complexity index is 403. The van der Waals surface area contributed by atoms with Crippen molar-refractivity contribution < 1.29 is 14.8 Å². The predicted octanol–water partition coefficient (Wildman–Crippen LogP) is 2.00. The number of hydrogen-bond donors (Lipinski definition) is 1. The molecule has 86 valence electrons. The van der Waals surface area contributed by atoms with Gasteiger partial charge in [-0.05, 0) is 5.56 Å². The molecule has 0 bridgehead atoms. The lowest BCUT2D eigenvalue weighted by atomic mass is 10.0. The number of benzene rings is 1. The van der Waals surface area contributed by atoms with Crippen molar-refractivity contribution in [2.75, 3.05) is 0 Å². The lowest BCUT2D eigenvalue weighted by Crippen LogP contribution is -2.05. The van der Waals surface area contributed by atoms with Gasteiger partial charge in [-0.2, -0.15) is 0 Å². The van der Waals surface area contributed by atoms with Crippen LogP contribution in [0.5, 0.6) is 0 Å². The first-order valence-electron chi connectivity index (χ1n) is 4.98. The highest BCUT2D eigenvalue weighted by Crippen LogP contribution is 2.21. The third-order valence-corrected chi connectivity index (χ3v) is 2.28. The van der Waals surface area contributed by atoms with Crippen molar-refractivity contribution in [1.29, 1.82) is 0 Å². The number of hydrogen-bond acceptors (Lipinski definition) is 4. The molecule has 0 amide bonds. The fourth-order valence-corrected chi connectivity index (χ4v) is 1.32. The fourth-order valence-electron chi connectivity index (χ4n) is 1.32. The summed E-state index contributed by atoms with van der Waals surface area (Å²) < 4.78 is 0. The number of ketones is 1. The quantitative estimate of drug-likeness (QED) is 0.611. The van der Waals surface area contributed by atoms with E-state index in [-0.39, 0.29) is 17.9 Å². The maximum absolute atomic E-state index is 11.1. The number of Topliss-reactive ketones (excluding diaryl/α,β-unsaturated/α-hetero) is 1. The molecule has 0 saturated carbocycles. The van der Waals surface area contributed by atoms with Crippen LogP contribution in [-0.4, -0.2) is 15.8 Å². The fraction of sp³-hybridized carbons (Fsp3) is 0.364. The van der Waals surface area contributed by atoms with E-state index in [9.17, 15) is 20.0 Å². The van der Waals surface area contributed by atoms with Crippen LogP contribution in [0.15, 0.2) is 24.3 Å². The predicted molar refractivity (Wildman–Crippen MR) is 58.0 cm³/mol. The smallest absolute Gasteiger partial charge is 0.269 e. The lowest BCUT2D eigenvalue weighted by Gasteiger charge is -2.08. The number of non-ortho nitro benzene ring substituents is 1. The van der Waals surface area contributed by atoms with Gasteiger partial charge in [-0.1, -0.05) is 19.1 Å². The van der Waals surface area contributed by atoms with Crippen molar-refractivity contribution in [3.63, 3.8) is 0 Å². The van der Waals surface area contributed by atoms with Gasteiger partial charge in [-0.3, -0.25) is 14.9 Å². The van der Waals surface area contributed by atoms with Crippen molar-refractivity contribution in [3.8, 4) is 0 Å². The molecular formula is C11H13NO4. The third-order valence-electron chi connectivity index (χ3n) is 2.28. The average molecular weight is 223 g/mol. The maximum atomic E-state index is 11.1. The molecule has 0 unspecified atom stereocenters. The molecule has 1 aromatic rings. The largest absolute Gasteiger partial charge is 0.388 e. The molecule has 0 heterocycles. The Morgan fingerprint density at radius 3 is 2.81 bits per heavy atom. The van der Waals surface area contributed by atoms with Crippen LogP contribution in [0, 0.1) is 10.1 Å². The number of aliphatic hydroxyl groups excluding tert-OH is 1. The summed E-state index contributed by atoms with van der Waals surface area (Å²) in [6.07, 6.45) is -0.615. The number of carbonyl (C=O) groups is 1. The maximum Gasteiger partial charge on any atom is 0.269 e. The molecule has 0 spiro atoms. The Morgan fingerprint density at radius 1 is 1.56 bits per heavy atom. The Hall–Kier alpha value is -1.75. The summed E-state index contributed by atoms with van der Waals surface area (Å²) in [4.78, 5) is 21.1. The summed E-state index contributed by atoms with van der Waals surface area (Å²) in [6, 6.07) is 5.69. The van der Waals surface area contributed by atoms with Crippen LogP contribution in [0.3, 0.4) is 0 Å². The lowest BCUT2D eigenvalue weighted by molar-refractivity contribution is -0.385. The molecule has 1 N–H and O–H groups in total. The van der Waals surface area contributed by atoms with Gasteiger partial charge < -0.3 is 5.11 Å². The number of aliphatic hydroxyl groups is 1. The molecular weight excluding hydrogens is 210 g/mol. The minimum Gasteiger partial charge on any atom is -0.388 e. The van der Waals surface area contributed by atoms with E-state index < -0.39 is 11.0 Å². The molecule has 16 heavy (non-hydrogen) atoms. The van der Waals surface area contributed by atoms with Crippen molar-refractivity contribution in [2.45, 2.75) is 25.9 Å². The van der Waals surface area contributed by atoms with Crippen molar-refractivity contribution in [1.82, 2.24) is 0 Å². The highest BCUT2D eigenvalue weighted by Gasteiger charge is 2.14. The first-order valence-corrected chi connectivity index (χ1v) is 4.98. The Kier molecular flexibility index (Phi) is 4.13. The zero-order valence-electron chi connectivity index (χ0n) is 8.92. The second kappa shape index (κ2) is 5.37. The van der Waals surface area contributed by atoms with E-state index in [2.05, 4.69) is 0 Å². The highest BCUT2D eigenvalue weighted by molar-refractivity contribution is 5.78. The topological polar surface area (TPSA) is 80.4 Å². The summed E-state index contributed by atoms with van der Waals surface area (Å²) in [5, 5.41) is 20.2. The second-order valence-corrected chi connectivity index (χ2v) is 3.46. The van der Waals surface area contributed by atoms with Crippen LogP contribution in [0.2, 0.25) is 0 Å². The molecule has 1 atom stereocenters. The Balaban J connectivity index is 2.83. The Morgan fingerprint density at radius 2 is 2.25 bits per heavy atom. The van der Waals surface area contributed by atoms with Crippen molar-refractivity contribution in [3.05, 3.63) is 39.9 Å².